The van der Waals surface area contributed by atoms with Crippen molar-refractivity contribution in [3.63, 3.8) is 0 Å². The van der Waals surface area contributed by atoms with Crippen molar-refractivity contribution in [1.29, 1.82) is 0 Å². The highest BCUT2D eigenvalue weighted by atomic mass is 35.5. The number of para-hydroxylation sites is 1. The topological polar surface area (TPSA) is 81.1 Å². The van der Waals surface area contributed by atoms with Gasteiger partial charge in [0.2, 0.25) is 11.1 Å². The summed E-state index contributed by atoms with van der Waals surface area (Å²) in [4.78, 5) is 18.5. The van der Waals surface area contributed by atoms with Crippen LogP contribution in [0.1, 0.15) is 43.0 Å². The summed E-state index contributed by atoms with van der Waals surface area (Å²) in [5, 5.41) is 12.5. The van der Waals surface area contributed by atoms with Crippen LogP contribution in [0.3, 0.4) is 0 Å². The number of anilines is 2. The van der Waals surface area contributed by atoms with Gasteiger partial charge in [-0.15, -0.1) is 5.10 Å². The van der Waals surface area contributed by atoms with Gasteiger partial charge >= 0.3 is 0 Å². The Hall–Kier alpha value is -3.75. The number of aromatic nitrogens is 3. The SMILES string of the molecule is CCCOc1ccc(C2C(C(=O)Nc3ccccc3C)=C(C)Nc3nc(SCc4ccccc4Cl)nn32)cc1. The van der Waals surface area contributed by atoms with Crippen molar-refractivity contribution in [2.75, 3.05) is 17.2 Å². The molecule has 0 aliphatic carbocycles. The molecule has 2 N–H and O–H groups in total. The third-order valence-electron chi connectivity index (χ3n) is 6.45. The van der Waals surface area contributed by atoms with Crippen LogP contribution in [-0.4, -0.2) is 27.3 Å². The molecule has 0 radical (unpaired) electrons. The molecule has 200 valence electrons. The molecule has 5 rings (SSSR count). The number of benzene rings is 3. The van der Waals surface area contributed by atoms with Crippen LogP contribution in [0.5, 0.6) is 5.75 Å². The molecule has 0 saturated heterocycles. The van der Waals surface area contributed by atoms with Crippen molar-refractivity contribution in [1.82, 2.24) is 14.8 Å². The molecule has 0 spiro atoms. The monoisotopic (exact) mass is 559 g/mol. The number of aryl methyl sites for hydroxylation is 1. The number of ether oxygens (including phenoxy) is 1. The molecule has 39 heavy (non-hydrogen) atoms. The number of nitrogens with one attached hydrogen (secondary N) is 2. The maximum Gasteiger partial charge on any atom is 0.255 e. The summed E-state index contributed by atoms with van der Waals surface area (Å²) < 4.78 is 7.58. The lowest BCUT2D eigenvalue weighted by Gasteiger charge is -2.29. The summed E-state index contributed by atoms with van der Waals surface area (Å²) in [6.07, 6.45) is 0.929. The lowest BCUT2D eigenvalue weighted by Crippen LogP contribution is -2.31. The Balaban J connectivity index is 1.49. The van der Waals surface area contributed by atoms with Crippen LogP contribution in [0.4, 0.5) is 11.6 Å². The standard InChI is InChI=1S/C30H30ClN5O2S/c1-4-17-38-23-15-13-21(14-16-23)27-26(28(37)33-25-12-8-5-9-19(25)2)20(3)32-29-34-30(35-36(27)29)39-18-22-10-6-7-11-24(22)31/h5-16,27H,4,17-18H2,1-3H3,(H,33,37)(H,32,34,35). The van der Waals surface area contributed by atoms with Crippen LogP contribution in [0.15, 0.2) is 89.2 Å². The van der Waals surface area contributed by atoms with Gasteiger partial charge in [-0.2, -0.15) is 4.98 Å². The first-order chi connectivity index (χ1) is 18.9. The van der Waals surface area contributed by atoms with E-state index in [-0.39, 0.29) is 5.91 Å². The van der Waals surface area contributed by atoms with Gasteiger partial charge in [-0.25, -0.2) is 4.68 Å². The molecule has 1 unspecified atom stereocenters. The first-order valence-corrected chi connectivity index (χ1v) is 14.2. The number of amides is 1. The Labute approximate surface area is 237 Å². The number of carbonyl (C=O) groups is 1. The molecule has 2 heterocycles. The maximum atomic E-state index is 13.8. The zero-order valence-corrected chi connectivity index (χ0v) is 23.6. The van der Waals surface area contributed by atoms with Gasteiger partial charge in [-0.3, -0.25) is 4.79 Å². The Morgan fingerprint density at radius 1 is 1.08 bits per heavy atom. The van der Waals surface area contributed by atoms with Crippen LogP contribution >= 0.6 is 23.4 Å². The summed E-state index contributed by atoms with van der Waals surface area (Å²) in [6, 6.07) is 22.8. The van der Waals surface area contributed by atoms with Crippen molar-refractivity contribution >= 4 is 40.9 Å². The molecule has 1 aliphatic rings. The van der Waals surface area contributed by atoms with Gasteiger partial charge in [-0.05, 0) is 61.2 Å². The Morgan fingerprint density at radius 3 is 2.56 bits per heavy atom. The average molecular weight is 560 g/mol. The fourth-order valence-electron chi connectivity index (χ4n) is 4.42. The van der Waals surface area contributed by atoms with Crippen molar-refractivity contribution in [3.05, 3.63) is 106 Å². The van der Waals surface area contributed by atoms with E-state index in [0.717, 1.165) is 40.2 Å². The zero-order valence-electron chi connectivity index (χ0n) is 22.1. The van der Waals surface area contributed by atoms with Crippen molar-refractivity contribution < 1.29 is 9.53 Å². The Morgan fingerprint density at radius 2 is 1.82 bits per heavy atom. The van der Waals surface area contributed by atoms with Gasteiger partial charge < -0.3 is 15.4 Å². The Bertz CT molecular complexity index is 1520. The quantitative estimate of drug-likeness (QED) is 0.210. The largest absolute Gasteiger partial charge is 0.494 e. The predicted octanol–water partition coefficient (Wildman–Crippen LogP) is 7.25. The smallest absolute Gasteiger partial charge is 0.255 e. The third-order valence-corrected chi connectivity index (χ3v) is 7.71. The fraction of sp³-hybridized carbons (Fsp3) is 0.233. The second kappa shape index (κ2) is 12.0. The second-order valence-corrected chi connectivity index (χ2v) is 10.6. The number of allylic oxidation sites excluding steroid dienone is 1. The first-order valence-electron chi connectivity index (χ1n) is 12.8. The van der Waals surface area contributed by atoms with Crippen LogP contribution in [-0.2, 0) is 10.5 Å². The minimum absolute atomic E-state index is 0.197. The minimum Gasteiger partial charge on any atom is -0.494 e. The third kappa shape index (κ3) is 5.97. The molecular formula is C30H30ClN5O2S. The van der Waals surface area contributed by atoms with E-state index in [0.29, 0.717) is 34.1 Å². The number of nitrogens with zero attached hydrogens (tertiary/aromatic N) is 3. The lowest BCUT2D eigenvalue weighted by atomic mass is 9.95. The highest BCUT2D eigenvalue weighted by Gasteiger charge is 2.34. The molecule has 1 aromatic heterocycles. The van der Waals surface area contributed by atoms with Crippen molar-refractivity contribution in [2.24, 2.45) is 0 Å². The second-order valence-electron chi connectivity index (χ2n) is 9.30. The van der Waals surface area contributed by atoms with E-state index in [9.17, 15) is 4.79 Å². The van der Waals surface area contributed by atoms with Gasteiger partial charge in [-0.1, -0.05) is 78.8 Å². The number of carbonyl (C=O) groups excluding carboxylic acids is 1. The number of halogens is 1. The van der Waals surface area contributed by atoms with Gasteiger partial charge in [0.15, 0.2) is 0 Å². The highest BCUT2D eigenvalue weighted by molar-refractivity contribution is 7.98. The van der Waals surface area contributed by atoms with Crippen molar-refractivity contribution in [2.45, 2.75) is 44.1 Å². The number of thioether (sulfide) groups is 1. The van der Waals surface area contributed by atoms with E-state index in [1.807, 2.05) is 86.6 Å². The first kappa shape index (κ1) is 26.8. The molecule has 0 fully saturated rings. The van der Waals surface area contributed by atoms with E-state index in [2.05, 4.69) is 17.6 Å². The summed E-state index contributed by atoms with van der Waals surface area (Å²) in [7, 11) is 0. The van der Waals surface area contributed by atoms with E-state index in [1.165, 1.54) is 11.8 Å². The van der Waals surface area contributed by atoms with Crippen LogP contribution in [0.25, 0.3) is 0 Å². The molecule has 4 aromatic rings. The maximum absolute atomic E-state index is 13.8. The molecule has 0 saturated carbocycles. The zero-order chi connectivity index (χ0) is 27.4. The van der Waals surface area contributed by atoms with Crippen LogP contribution < -0.4 is 15.4 Å². The van der Waals surface area contributed by atoms with Crippen LogP contribution in [0.2, 0.25) is 5.02 Å². The van der Waals surface area contributed by atoms with Gasteiger partial charge in [0.05, 0.1) is 12.2 Å². The lowest BCUT2D eigenvalue weighted by molar-refractivity contribution is -0.113. The molecule has 1 atom stereocenters. The van der Waals surface area contributed by atoms with E-state index in [1.54, 1.807) is 4.68 Å². The predicted molar refractivity (Wildman–Crippen MR) is 158 cm³/mol. The van der Waals surface area contributed by atoms with E-state index in [4.69, 9.17) is 26.4 Å². The Kier molecular flexibility index (Phi) is 8.24. The molecule has 0 bridgehead atoms. The number of hydrogen-bond donors (Lipinski definition) is 2. The van der Waals surface area contributed by atoms with Gasteiger partial charge in [0.25, 0.3) is 5.91 Å². The van der Waals surface area contributed by atoms with Gasteiger partial charge in [0, 0.05) is 22.2 Å². The number of rotatable bonds is 9. The fourth-order valence-corrected chi connectivity index (χ4v) is 5.54. The van der Waals surface area contributed by atoms with E-state index >= 15 is 0 Å². The molecule has 9 heteroatoms. The van der Waals surface area contributed by atoms with Crippen LogP contribution in [0, 0.1) is 6.92 Å². The summed E-state index contributed by atoms with van der Waals surface area (Å²) in [5.41, 5.74) is 4.97. The number of hydrogen-bond acceptors (Lipinski definition) is 6. The molecule has 1 aliphatic heterocycles. The number of fused-ring (bicyclic) bond motifs is 1. The summed E-state index contributed by atoms with van der Waals surface area (Å²) >= 11 is 7.86. The molecule has 1 amide bonds. The summed E-state index contributed by atoms with van der Waals surface area (Å²) in [5.74, 6) is 1.80. The molecule has 3 aromatic carbocycles. The molecule has 7 nitrogen and oxygen atoms in total. The minimum atomic E-state index is -0.479. The van der Waals surface area contributed by atoms with E-state index < -0.39 is 6.04 Å². The molecular weight excluding hydrogens is 530 g/mol. The average Bonchev–Trinajstić information content (AvgIpc) is 3.34. The summed E-state index contributed by atoms with van der Waals surface area (Å²) in [6.45, 7) is 6.59. The normalized spacial score (nSPS) is 14.5. The highest BCUT2D eigenvalue weighted by Crippen LogP contribution is 2.38. The van der Waals surface area contributed by atoms with Gasteiger partial charge in [0.1, 0.15) is 11.8 Å². The van der Waals surface area contributed by atoms with Crippen molar-refractivity contribution in [3.8, 4) is 5.75 Å².